The smallest absolute Gasteiger partial charge is 0.0354 e. The Morgan fingerprint density at radius 2 is 1.50 bits per heavy atom. The molecule has 0 aliphatic heterocycles. The normalized spacial score (nSPS) is 6.67. The first-order chi connectivity index (χ1) is 8.61. The Morgan fingerprint density at radius 3 is 1.72 bits per heavy atom. The molecule has 1 aromatic rings. The quantitative estimate of drug-likeness (QED) is 0.325. The maximum Gasteiger partial charge on any atom is 0.0354 e. The van der Waals surface area contributed by atoms with Gasteiger partial charge in [-0.2, -0.15) is 0 Å². The molecule has 0 aliphatic carbocycles. The summed E-state index contributed by atoms with van der Waals surface area (Å²) in [5.41, 5.74) is 12.0. The van der Waals surface area contributed by atoms with Gasteiger partial charge in [0.25, 0.3) is 0 Å². The van der Waals surface area contributed by atoms with E-state index in [0.29, 0.717) is 0 Å². The lowest BCUT2D eigenvalue weighted by Crippen LogP contribution is -1.87. The Hall–Kier alpha value is -1.00. The highest BCUT2D eigenvalue weighted by atomic mass is 32.1. The van der Waals surface area contributed by atoms with Crippen LogP contribution in [-0.4, -0.2) is 13.8 Å². The third-order valence-corrected chi connectivity index (χ3v) is 1.54. The fraction of sp³-hybridized carbons (Fsp3) is 0.500. The predicted molar refractivity (Wildman–Crippen MR) is 90.1 cm³/mol. The van der Waals surface area contributed by atoms with E-state index >= 15 is 0 Å². The number of hydrogen-bond acceptors (Lipinski definition) is 4. The van der Waals surface area contributed by atoms with Crippen LogP contribution in [0.5, 0.6) is 0 Å². The van der Waals surface area contributed by atoms with Crippen LogP contribution in [-0.2, 0) is 0 Å². The number of hydrogen-bond donors (Lipinski definition) is 4. The Morgan fingerprint density at radius 1 is 1.17 bits per heavy atom. The van der Waals surface area contributed by atoms with Gasteiger partial charge in [0.2, 0.25) is 0 Å². The summed E-state index contributed by atoms with van der Waals surface area (Å²) in [5.74, 6) is 0. The fourth-order valence-electron chi connectivity index (χ4n) is 0.628. The lowest BCUT2D eigenvalue weighted by molar-refractivity contribution is 1.09. The number of rotatable bonds is 0. The Kier molecular flexibility index (Phi) is 35.8. The Balaban J connectivity index is -0.0000000925. The van der Waals surface area contributed by atoms with Gasteiger partial charge in [0.05, 0.1) is 0 Å². The summed E-state index contributed by atoms with van der Waals surface area (Å²) in [7, 11) is 1.50. The number of nitrogens with two attached hydrogens (primary N) is 2. The maximum absolute atomic E-state index is 5.57. The van der Waals surface area contributed by atoms with Crippen LogP contribution in [0, 0.1) is 12.3 Å². The molecule has 0 amide bonds. The molecular weight excluding hydrogens is 242 g/mol. The van der Waals surface area contributed by atoms with Crippen LogP contribution in [0.4, 0.5) is 5.69 Å². The molecule has 0 saturated heterocycles. The second kappa shape index (κ2) is 25.0. The molecule has 3 nitrogen and oxygen atoms in total. The topological polar surface area (TPSA) is 75.9 Å². The van der Waals surface area contributed by atoms with Gasteiger partial charge in [-0.15, -0.1) is 12.6 Å². The van der Waals surface area contributed by atoms with E-state index in [9.17, 15) is 0 Å². The average molecular weight is 273 g/mol. The van der Waals surface area contributed by atoms with Crippen molar-refractivity contribution in [1.82, 2.24) is 0 Å². The van der Waals surface area contributed by atoms with Gasteiger partial charge in [0, 0.05) is 10.6 Å². The highest BCUT2D eigenvalue weighted by molar-refractivity contribution is 7.80. The molecule has 0 unspecified atom stereocenters. The lowest BCUT2D eigenvalue weighted by Gasteiger charge is -1.97. The van der Waals surface area contributed by atoms with Crippen molar-refractivity contribution in [3.05, 3.63) is 23.8 Å². The molecule has 0 fully saturated rings. The highest BCUT2D eigenvalue weighted by Crippen LogP contribution is 2.14. The molecule has 1 aromatic carbocycles. The van der Waals surface area contributed by atoms with Gasteiger partial charge in [-0.3, -0.25) is 0 Å². The van der Waals surface area contributed by atoms with Crippen molar-refractivity contribution in [3.8, 4) is 0 Å². The molecule has 5 N–H and O–H groups in total. The minimum Gasteiger partial charge on any atom is -0.398 e. The zero-order valence-corrected chi connectivity index (χ0v) is 13.6. The number of anilines is 1. The van der Waals surface area contributed by atoms with Crippen molar-refractivity contribution in [2.75, 3.05) is 12.8 Å². The van der Waals surface area contributed by atoms with E-state index in [4.69, 9.17) is 11.1 Å². The zero-order valence-electron chi connectivity index (χ0n) is 12.7. The van der Waals surface area contributed by atoms with Crippen molar-refractivity contribution in [3.63, 3.8) is 0 Å². The molecule has 0 atom stereocenters. The summed E-state index contributed by atoms with van der Waals surface area (Å²) < 4.78 is 0. The molecule has 0 aromatic heterocycles. The van der Waals surface area contributed by atoms with Crippen molar-refractivity contribution in [1.29, 1.82) is 5.41 Å². The lowest BCUT2D eigenvalue weighted by atomic mass is 10.2. The van der Waals surface area contributed by atoms with E-state index in [-0.39, 0.29) is 0 Å². The van der Waals surface area contributed by atoms with Crippen LogP contribution in [0.15, 0.2) is 23.1 Å². The van der Waals surface area contributed by atoms with E-state index in [1.807, 2.05) is 39.0 Å². The van der Waals surface area contributed by atoms with Crippen LogP contribution < -0.4 is 11.5 Å². The molecule has 0 saturated carbocycles. The highest BCUT2D eigenvalue weighted by Gasteiger charge is 1.90. The minimum atomic E-state index is 0.808. The summed E-state index contributed by atoms with van der Waals surface area (Å²) in [5, 5.41) is 5.50. The van der Waals surface area contributed by atoms with Crippen LogP contribution in [0.25, 0.3) is 0 Å². The molecule has 4 heteroatoms. The molecule has 1 rings (SSSR count). The SMILES string of the molecule is C=N.CC.CCC.CN.Cc1ccc(S)cc1N. The van der Waals surface area contributed by atoms with Crippen LogP contribution >= 0.6 is 12.6 Å². The molecule has 0 aliphatic rings. The number of thiol groups is 1. The minimum absolute atomic E-state index is 0.808. The van der Waals surface area contributed by atoms with E-state index in [2.05, 4.69) is 38.9 Å². The standard InChI is InChI=1S/C7H9NS.C3H8.C2H6.CH5N.CH3N/c1-5-2-3-6(9)4-7(5)8;1-3-2;3*1-2/h2-4,9H,8H2,1H3;3H2,1-2H3;1-2H3;2H2,1H3;2H,1H2. The summed E-state index contributed by atoms with van der Waals surface area (Å²) in [4.78, 5) is 0.915. The number of nitrogens with one attached hydrogen (secondary N) is 1. The van der Waals surface area contributed by atoms with Crippen LogP contribution in [0.2, 0.25) is 0 Å². The van der Waals surface area contributed by atoms with E-state index < -0.39 is 0 Å². The molecule has 0 bridgehead atoms. The van der Waals surface area contributed by atoms with Crippen molar-refractivity contribution < 1.29 is 0 Å². The largest absolute Gasteiger partial charge is 0.398 e. The predicted octanol–water partition coefficient (Wildman–Crippen LogP) is 4.15. The van der Waals surface area contributed by atoms with Gasteiger partial charge in [-0.25, -0.2) is 0 Å². The van der Waals surface area contributed by atoms with E-state index in [1.165, 1.54) is 13.5 Å². The Bertz CT molecular complexity index is 253. The van der Waals surface area contributed by atoms with Gasteiger partial charge in [-0.1, -0.05) is 40.2 Å². The monoisotopic (exact) mass is 273 g/mol. The van der Waals surface area contributed by atoms with E-state index in [1.54, 1.807) is 0 Å². The molecule has 108 valence electrons. The fourth-order valence-corrected chi connectivity index (χ4v) is 0.841. The summed E-state index contributed by atoms with van der Waals surface area (Å²) in [6.45, 7) is 12.7. The van der Waals surface area contributed by atoms with Gasteiger partial charge in [0.15, 0.2) is 0 Å². The third-order valence-electron chi connectivity index (χ3n) is 1.26. The van der Waals surface area contributed by atoms with Crippen molar-refractivity contribution in [2.45, 2.75) is 45.9 Å². The first-order valence-electron chi connectivity index (χ1n) is 6.10. The molecule has 0 heterocycles. The first-order valence-corrected chi connectivity index (χ1v) is 6.54. The van der Waals surface area contributed by atoms with Crippen LogP contribution in [0.1, 0.15) is 39.7 Å². The molecule has 0 radical (unpaired) electrons. The zero-order chi connectivity index (χ0) is 15.6. The van der Waals surface area contributed by atoms with Crippen molar-refractivity contribution in [2.24, 2.45) is 5.73 Å². The average Bonchev–Trinajstić information content (AvgIpc) is 2.42. The third kappa shape index (κ3) is 20.4. The second-order valence-electron chi connectivity index (χ2n) is 2.75. The first kappa shape index (κ1) is 25.8. The van der Waals surface area contributed by atoms with Gasteiger partial charge in [0.1, 0.15) is 0 Å². The number of benzene rings is 1. The number of nitrogen functional groups attached to an aromatic ring is 1. The maximum atomic E-state index is 5.57. The van der Waals surface area contributed by atoms with Gasteiger partial charge < -0.3 is 16.9 Å². The molecule has 0 spiro atoms. The summed E-state index contributed by atoms with van der Waals surface area (Å²) >= 11 is 4.12. The van der Waals surface area contributed by atoms with Gasteiger partial charge >= 0.3 is 0 Å². The molecule has 18 heavy (non-hydrogen) atoms. The van der Waals surface area contributed by atoms with Crippen LogP contribution in [0.3, 0.4) is 0 Å². The number of aryl methyl sites for hydroxylation is 1. The Labute approximate surface area is 119 Å². The molecular formula is C14H31N3S. The van der Waals surface area contributed by atoms with Gasteiger partial charge in [-0.05, 0) is 38.4 Å². The van der Waals surface area contributed by atoms with E-state index in [0.717, 1.165) is 16.1 Å². The summed E-state index contributed by atoms with van der Waals surface area (Å²) in [6, 6.07) is 5.73. The van der Waals surface area contributed by atoms with Crippen molar-refractivity contribution >= 4 is 25.0 Å². The second-order valence-corrected chi connectivity index (χ2v) is 3.26. The summed E-state index contributed by atoms with van der Waals surface area (Å²) in [6.07, 6.45) is 1.25.